The summed E-state index contributed by atoms with van der Waals surface area (Å²) in [7, 11) is 0. The van der Waals surface area contributed by atoms with Crippen molar-refractivity contribution in [3.8, 4) is 0 Å². The highest BCUT2D eigenvalue weighted by Gasteiger charge is 2.43. The number of carbonyl (C=O) groups excluding carboxylic acids is 13. The molecule has 0 radical (unpaired) electrons. The van der Waals surface area contributed by atoms with E-state index in [9.17, 15) is 62.3 Å². The van der Waals surface area contributed by atoms with Crippen molar-refractivity contribution in [3.05, 3.63) is 71.8 Å². The van der Waals surface area contributed by atoms with Gasteiger partial charge in [-0.25, -0.2) is 0 Å². The number of guanidine groups is 1. The third-order valence-corrected chi connectivity index (χ3v) is 17.2. The highest BCUT2D eigenvalue weighted by Crippen LogP contribution is 2.25. The van der Waals surface area contributed by atoms with Crippen LogP contribution in [0.25, 0.3) is 0 Å². The molecule has 0 unspecified atom stereocenters. The molecule has 2 aromatic rings. The predicted molar refractivity (Wildman–Crippen MR) is 360 cm³/mol. The highest BCUT2D eigenvalue weighted by molar-refractivity contribution is 7.98. The number of likely N-dealkylation sites (tertiary alicyclic amines) is 2. The monoisotopic (exact) mass is 1360 g/mol. The molecule has 13 amide bonds. The quantitative estimate of drug-likeness (QED) is 0.0177. The van der Waals surface area contributed by atoms with E-state index in [0.29, 0.717) is 55.4 Å². The summed E-state index contributed by atoms with van der Waals surface area (Å²) in [4.78, 5) is 186. The second-order valence-corrected chi connectivity index (χ2v) is 25.5. The Morgan fingerprint density at radius 2 is 1.09 bits per heavy atom. The number of amides is 13. The molecule has 4 rings (SSSR count). The zero-order valence-corrected chi connectivity index (χ0v) is 56.2. The van der Waals surface area contributed by atoms with Gasteiger partial charge in [-0.15, -0.1) is 0 Å². The van der Waals surface area contributed by atoms with Crippen LogP contribution in [0.1, 0.15) is 134 Å². The van der Waals surface area contributed by atoms with Gasteiger partial charge in [0.15, 0.2) is 5.96 Å². The Balaban J connectivity index is 1.59. The summed E-state index contributed by atoms with van der Waals surface area (Å²) in [5.41, 5.74) is 40.7. The average molecular weight is 1360 g/mol. The van der Waals surface area contributed by atoms with Crippen molar-refractivity contribution in [1.29, 1.82) is 0 Å². The van der Waals surface area contributed by atoms with Gasteiger partial charge in [-0.05, 0) is 119 Å². The first-order chi connectivity index (χ1) is 45.6. The van der Waals surface area contributed by atoms with E-state index < -0.39 is 175 Å². The van der Waals surface area contributed by atoms with E-state index in [0.717, 1.165) is 0 Å². The predicted octanol–water partition coefficient (Wildman–Crippen LogP) is -3.15. The second kappa shape index (κ2) is 41.1. The molecule has 0 aromatic heterocycles. The lowest BCUT2D eigenvalue weighted by Gasteiger charge is -2.32. The molecule has 2 aliphatic heterocycles. The van der Waals surface area contributed by atoms with Gasteiger partial charge < -0.3 is 92.5 Å². The number of benzene rings is 2. The summed E-state index contributed by atoms with van der Waals surface area (Å²) < 4.78 is 0. The number of rotatable bonds is 42. The topological polar surface area (TPSA) is 519 Å². The van der Waals surface area contributed by atoms with Crippen LogP contribution in [0.3, 0.4) is 0 Å². The van der Waals surface area contributed by atoms with Crippen LogP contribution in [0.2, 0.25) is 0 Å². The van der Waals surface area contributed by atoms with Gasteiger partial charge in [0.1, 0.15) is 54.4 Å². The van der Waals surface area contributed by atoms with E-state index in [4.69, 9.17) is 40.1 Å². The van der Waals surface area contributed by atoms with Gasteiger partial charge in [0.2, 0.25) is 76.8 Å². The van der Waals surface area contributed by atoms with Gasteiger partial charge in [0.05, 0.1) is 12.6 Å². The Morgan fingerprint density at radius 3 is 1.65 bits per heavy atom. The normalized spacial score (nSPS) is 17.1. The van der Waals surface area contributed by atoms with Crippen molar-refractivity contribution in [3.63, 3.8) is 0 Å². The van der Waals surface area contributed by atoms with Crippen molar-refractivity contribution in [2.45, 2.75) is 190 Å². The third kappa shape index (κ3) is 26.7. The summed E-state index contributed by atoms with van der Waals surface area (Å²) in [6, 6.07) is 4.51. The number of nitrogens with zero attached hydrogens (tertiary/aromatic N) is 3. The number of hydrogen-bond donors (Lipinski definition) is 15. The molecule has 96 heavy (non-hydrogen) atoms. The lowest BCUT2D eigenvalue weighted by atomic mass is 9.91. The van der Waals surface area contributed by atoms with Crippen molar-refractivity contribution in [2.24, 2.45) is 51.0 Å². The first kappa shape index (κ1) is 79.5. The number of nitrogens with one attached hydrogen (secondary N) is 8. The fraction of sp³-hybridized carbons (Fsp3) is 0.594. The zero-order valence-electron chi connectivity index (χ0n) is 55.4. The number of primary amides is 3. The van der Waals surface area contributed by atoms with Crippen LogP contribution in [-0.4, -0.2) is 198 Å². The van der Waals surface area contributed by atoms with E-state index in [1.54, 1.807) is 67.6 Å². The number of carbonyl (C=O) groups is 13. The number of unbranched alkanes of at least 4 members (excludes halogenated alkanes) is 1. The van der Waals surface area contributed by atoms with Crippen LogP contribution in [0, 0.1) is 5.92 Å². The molecule has 32 heteroatoms. The summed E-state index contributed by atoms with van der Waals surface area (Å²) >= 11 is 1.45. The molecule has 0 saturated carbocycles. The molecule has 2 saturated heterocycles. The molecule has 31 nitrogen and oxygen atoms in total. The summed E-state index contributed by atoms with van der Waals surface area (Å²) in [5, 5.41) is 21.2. The van der Waals surface area contributed by atoms with Crippen molar-refractivity contribution in [2.75, 3.05) is 44.7 Å². The van der Waals surface area contributed by atoms with Gasteiger partial charge in [-0.1, -0.05) is 81.4 Å². The van der Waals surface area contributed by atoms with Gasteiger partial charge in [0.25, 0.3) is 0 Å². The molecule has 2 aliphatic rings. The second-order valence-electron chi connectivity index (χ2n) is 24.6. The van der Waals surface area contributed by atoms with Crippen molar-refractivity contribution in [1.82, 2.24) is 52.3 Å². The Labute approximate surface area is 564 Å². The zero-order chi connectivity index (χ0) is 71.0. The molecule has 11 atom stereocenters. The van der Waals surface area contributed by atoms with Gasteiger partial charge in [-0.2, -0.15) is 11.8 Å². The molecular weight excluding hydrogens is 1260 g/mol. The number of thioether (sulfide) groups is 1. The molecule has 22 N–H and O–H groups in total. The Hall–Kier alpha value is -8.91. The maximum atomic E-state index is 14.9. The van der Waals surface area contributed by atoms with Gasteiger partial charge in [0, 0.05) is 44.8 Å². The Bertz CT molecular complexity index is 3000. The fourth-order valence-electron chi connectivity index (χ4n) is 11.3. The molecular formula is C64H100N18O13S. The van der Waals surface area contributed by atoms with Crippen LogP contribution >= 0.6 is 11.8 Å². The van der Waals surface area contributed by atoms with Crippen molar-refractivity contribution >= 4 is 94.5 Å². The van der Waals surface area contributed by atoms with Crippen LogP contribution in [-0.2, 0) is 68.7 Å². The van der Waals surface area contributed by atoms with Crippen LogP contribution in [0.4, 0.5) is 0 Å². The van der Waals surface area contributed by atoms with E-state index in [-0.39, 0.29) is 76.6 Å². The van der Waals surface area contributed by atoms with E-state index >= 15 is 0 Å². The van der Waals surface area contributed by atoms with E-state index in [1.807, 2.05) is 20.1 Å². The minimum atomic E-state index is -1.66. The lowest BCUT2D eigenvalue weighted by Crippen LogP contribution is -2.60. The summed E-state index contributed by atoms with van der Waals surface area (Å²) in [5.74, 6) is -10.7. The Morgan fingerprint density at radius 1 is 0.562 bits per heavy atom. The minimum Gasteiger partial charge on any atom is -0.370 e. The third-order valence-electron chi connectivity index (χ3n) is 16.5. The molecule has 2 fully saturated rings. The first-order valence-electron chi connectivity index (χ1n) is 32.6. The van der Waals surface area contributed by atoms with Crippen LogP contribution in [0.5, 0.6) is 0 Å². The van der Waals surface area contributed by atoms with Crippen LogP contribution in [0.15, 0.2) is 65.7 Å². The van der Waals surface area contributed by atoms with E-state index in [2.05, 4.69) is 47.5 Å². The maximum absolute atomic E-state index is 14.9. The number of aliphatic imine (C=N–C) groups is 1. The van der Waals surface area contributed by atoms with Gasteiger partial charge >= 0.3 is 0 Å². The van der Waals surface area contributed by atoms with Gasteiger partial charge in [-0.3, -0.25) is 67.3 Å². The molecule has 2 aromatic carbocycles. The highest BCUT2D eigenvalue weighted by atomic mass is 32.2. The average Bonchev–Trinajstić information content (AvgIpc) is 1.63. The van der Waals surface area contributed by atoms with Crippen molar-refractivity contribution < 1.29 is 62.3 Å². The largest absolute Gasteiger partial charge is 0.370 e. The van der Waals surface area contributed by atoms with E-state index in [1.165, 1.54) is 21.6 Å². The number of nitrogens with two attached hydrogens (primary N) is 7. The maximum Gasteiger partial charge on any atom is 0.245 e. The molecule has 0 bridgehead atoms. The smallest absolute Gasteiger partial charge is 0.245 e. The molecule has 530 valence electrons. The summed E-state index contributed by atoms with van der Waals surface area (Å²) in [6.45, 7) is 5.48. The minimum absolute atomic E-state index is 0.0720. The molecule has 0 aliphatic carbocycles. The fourth-order valence-corrected chi connectivity index (χ4v) is 11.8. The SMILES string of the molecule is CSCC[C@H](NC(=O)[C@H](CC(C)C)NC(=O)CNC(=O)[C@H](Cc1ccccc1)NC(=O)[C@@H](NC(=O)[C@H](CCC(N)=O)NC(=O)[C@H](CCC(N)=O)NC(=O)[C@@H]1CCCN1C(=O)[C@H](CCCCN)NC(=O)[C@@H]1CCCN1C(=O)[C@@H](N)CCCN=C(N)N)[C@H](C)c1ccccc1)C(N)=O. The molecule has 0 spiro atoms. The number of hydrogen-bond acceptors (Lipinski definition) is 17. The Kier molecular flexibility index (Phi) is 34.1. The molecule has 2 heterocycles. The summed E-state index contributed by atoms with van der Waals surface area (Å²) in [6.07, 6.45) is 3.28. The first-order valence-corrected chi connectivity index (χ1v) is 34.0. The standard InChI is InChI=1S/C64H100N18O13S/c1-37(2)34-46(58(90)75-42(54(69)86)28-33-96-4)74-52(85)36-73-55(87)47(35-39-16-7-5-8-17-39)79-61(93)53(38(3)40-18-9-6-10-19-40)80-57(89)44(25-27-51(68)84)76-56(88)43(24-26-50(67)83)77-59(91)49-23-15-32-82(49)63(95)45(21-11-12-29-65)78-60(92)48-22-14-31-81(48)62(94)41(66)20-13-30-72-64(70)71/h5-10,16-19,37-38,41-49,53H,11-15,20-36,65-66H2,1-4H3,(H2,67,83)(H2,68,84)(H2,69,86)(H,73,87)(H,74,85)(H,75,90)(H,76,88)(H,77,91)(H,78,92)(H,79,93)(H,80,89)(H4,70,71,72)/t38-,41+,42+,43+,44+,45+,46+,47+,48+,49+,53+/m1/s1. The lowest BCUT2D eigenvalue weighted by molar-refractivity contribution is -0.144. The van der Waals surface area contributed by atoms with Crippen LogP contribution < -0.4 is 82.7 Å².